The van der Waals surface area contributed by atoms with Crippen LogP contribution in [0, 0.1) is 0 Å². The molecular formula is C14H21N3O3S. The lowest BCUT2D eigenvalue weighted by Crippen LogP contribution is -2.49. The van der Waals surface area contributed by atoms with Gasteiger partial charge in [0.1, 0.15) is 6.10 Å². The van der Waals surface area contributed by atoms with E-state index < -0.39 is 0 Å². The summed E-state index contributed by atoms with van der Waals surface area (Å²) >= 11 is 1.48. The number of morpholine rings is 1. The molecular weight excluding hydrogens is 290 g/mol. The molecule has 7 heteroatoms. The molecule has 3 heterocycles. The van der Waals surface area contributed by atoms with Gasteiger partial charge < -0.3 is 14.4 Å². The minimum atomic E-state index is -0.324. The average Bonchev–Trinajstić information content (AvgIpc) is 3.17. The van der Waals surface area contributed by atoms with Crippen molar-refractivity contribution in [2.45, 2.75) is 25.0 Å². The molecule has 2 aliphatic heterocycles. The molecule has 6 nitrogen and oxygen atoms in total. The van der Waals surface area contributed by atoms with Gasteiger partial charge >= 0.3 is 0 Å². The maximum absolute atomic E-state index is 12.7. The van der Waals surface area contributed by atoms with Crippen LogP contribution < -0.4 is 4.90 Å². The van der Waals surface area contributed by atoms with E-state index in [1.807, 2.05) is 5.38 Å². The summed E-state index contributed by atoms with van der Waals surface area (Å²) in [7, 11) is 2.07. The van der Waals surface area contributed by atoms with E-state index in [4.69, 9.17) is 9.47 Å². The van der Waals surface area contributed by atoms with Crippen LogP contribution in [-0.2, 0) is 14.3 Å². The highest BCUT2D eigenvalue weighted by molar-refractivity contribution is 7.13. The highest BCUT2D eigenvalue weighted by atomic mass is 32.1. The third kappa shape index (κ3) is 3.60. The number of nitrogens with zero attached hydrogens (tertiary/aromatic N) is 3. The number of ether oxygens (including phenoxy) is 2. The van der Waals surface area contributed by atoms with Gasteiger partial charge in [0.15, 0.2) is 5.13 Å². The lowest BCUT2D eigenvalue weighted by molar-refractivity contribution is -0.128. The SMILES string of the molecule is CN1CCOC(CN(C(=O)C2CCCO2)c2nccs2)C1. The van der Waals surface area contributed by atoms with Crippen LogP contribution in [0.4, 0.5) is 5.13 Å². The van der Waals surface area contributed by atoms with E-state index in [0.29, 0.717) is 19.8 Å². The molecule has 116 valence electrons. The van der Waals surface area contributed by atoms with Gasteiger partial charge in [-0.2, -0.15) is 0 Å². The number of hydrogen-bond acceptors (Lipinski definition) is 6. The van der Waals surface area contributed by atoms with Gasteiger partial charge in [-0.15, -0.1) is 11.3 Å². The molecule has 0 bridgehead atoms. The monoisotopic (exact) mass is 311 g/mol. The van der Waals surface area contributed by atoms with E-state index >= 15 is 0 Å². The molecule has 1 aromatic heterocycles. The number of hydrogen-bond donors (Lipinski definition) is 0. The number of thiazole rings is 1. The summed E-state index contributed by atoms with van der Waals surface area (Å²) in [5.74, 6) is 0.0132. The lowest BCUT2D eigenvalue weighted by Gasteiger charge is -2.33. The summed E-state index contributed by atoms with van der Waals surface area (Å²) in [6.45, 7) is 3.69. The van der Waals surface area contributed by atoms with E-state index in [9.17, 15) is 4.79 Å². The molecule has 0 spiro atoms. The van der Waals surface area contributed by atoms with Crippen molar-refractivity contribution in [3.05, 3.63) is 11.6 Å². The zero-order chi connectivity index (χ0) is 14.7. The summed E-state index contributed by atoms with van der Waals surface area (Å²) < 4.78 is 11.3. The van der Waals surface area contributed by atoms with Crippen LogP contribution in [0.2, 0.25) is 0 Å². The Morgan fingerprint density at radius 3 is 3.10 bits per heavy atom. The first-order chi connectivity index (χ1) is 10.2. The minimum absolute atomic E-state index is 0.0132. The Hall–Kier alpha value is -1.02. The predicted octanol–water partition coefficient (Wildman–Crippen LogP) is 0.986. The summed E-state index contributed by atoms with van der Waals surface area (Å²) in [6, 6.07) is 0. The van der Waals surface area contributed by atoms with Gasteiger partial charge in [0.05, 0.1) is 19.3 Å². The van der Waals surface area contributed by atoms with Crippen molar-refractivity contribution in [2.75, 3.05) is 44.8 Å². The first-order valence-corrected chi connectivity index (χ1v) is 8.24. The number of carbonyl (C=O) groups is 1. The molecule has 2 fully saturated rings. The Kier molecular flexibility index (Phi) is 4.84. The van der Waals surface area contributed by atoms with Crippen molar-refractivity contribution in [3.63, 3.8) is 0 Å². The number of carbonyl (C=O) groups excluding carboxylic acids is 1. The Morgan fingerprint density at radius 1 is 1.52 bits per heavy atom. The number of likely N-dealkylation sites (N-methyl/N-ethyl adjacent to an activating group) is 1. The van der Waals surface area contributed by atoms with Gasteiger partial charge in [-0.1, -0.05) is 0 Å². The Balaban J connectivity index is 1.71. The van der Waals surface area contributed by atoms with E-state index in [-0.39, 0.29) is 18.1 Å². The van der Waals surface area contributed by atoms with Gasteiger partial charge in [0.25, 0.3) is 5.91 Å². The largest absolute Gasteiger partial charge is 0.374 e. The zero-order valence-corrected chi connectivity index (χ0v) is 13.1. The molecule has 0 aromatic carbocycles. The van der Waals surface area contributed by atoms with E-state index in [0.717, 1.165) is 31.1 Å². The minimum Gasteiger partial charge on any atom is -0.374 e. The molecule has 21 heavy (non-hydrogen) atoms. The van der Waals surface area contributed by atoms with Crippen molar-refractivity contribution < 1.29 is 14.3 Å². The molecule has 0 N–H and O–H groups in total. The normalized spacial score (nSPS) is 26.9. The van der Waals surface area contributed by atoms with Crippen molar-refractivity contribution in [1.82, 2.24) is 9.88 Å². The average molecular weight is 311 g/mol. The molecule has 0 saturated carbocycles. The Morgan fingerprint density at radius 2 is 2.43 bits per heavy atom. The molecule has 1 amide bonds. The molecule has 3 rings (SSSR count). The maximum Gasteiger partial charge on any atom is 0.257 e. The molecule has 0 aliphatic carbocycles. The molecule has 2 unspecified atom stereocenters. The smallest absolute Gasteiger partial charge is 0.257 e. The van der Waals surface area contributed by atoms with Crippen LogP contribution in [0.5, 0.6) is 0 Å². The maximum atomic E-state index is 12.7. The van der Waals surface area contributed by atoms with Crippen LogP contribution in [0.1, 0.15) is 12.8 Å². The standard InChI is InChI=1S/C14H21N3O3S/c1-16-5-7-19-11(9-16)10-17(14-15-4-8-21-14)13(18)12-3-2-6-20-12/h4,8,11-12H,2-3,5-7,9-10H2,1H3. The van der Waals surface area contributed by atoms with Crippen molar-refractivity contribution >= 4 is 22.4 Å². The van der Waals surface area contributed by atoms with Crippen LogP contribution >= 0.6 is 11.3 Å². The van der Waals surface area contributed by atoms with Crippen molar-refractivity contribution in [2.24, 2.45) is 0 Å². The fourth-order valence-electron chi connectivity index (χ4n) is 2.74. The predicted molar refractivity (Wildman–Crippen MR) is 80.7 cm³/mol. The summed E-state index contributed by atoms with van der Waals surface area (Å²) in [5.41, 5.74) is 0. The van der Waals surface area contributed by atoms with Crippen LogP contribution in [0.15, 0.2) is 11.6 Å². The third-order valence-electron chi connectivity index (χ3n) is 3.85. The highest BCUT2D eigenvalue weighted by Gasteiger charge is 2.32. The summed E-state index contributed by atoms with van der Waals surface area (Å²) in [4.78, 5) is 21.0. The van der Waals surface area contributed by atoms with Gasteiger partial charge in [-0.3, -0.25) is 9.69 Å². The first kappa shape index (κ1) is 14.9. The van der Waals surface area contributed by atoms with Gasteiger partial charge in [-0.05, 0) is 19.9 Å². The van der Waals surface area contributed by atoms with Gasteiger partial charge in [-0.25, -0.2) is 4.98 Å². The summed E-state index contributed by atoms with van der Waals surface area (Å²) in [5, 5.41) is 2.62. The van der Waals surface area contributed by atoms with Gasteiger partial charge in [0.2, 0.25) is 0 Å². The molecule has 2 aliphatic rings. The molecule has 1 aromatic rings. The topological polar surface area (TPSA) is 54.9 Å². The summed E-state index contributed by atoms with van der Waals surface area (Å²) in [6.07, 6.45) is 3.17. The Labute approximate surface area is 128 Å². The zero-order valence-electron chi connectivity index (χ0n) is 12.2. The Bertz CT molecular complexity index is 462. The van der Waals surface area contributed by atoms with Crippen molar-refractivity contribution in [1.29, 1.82) is 0 Å². The number of aromatic nitrogens is 1. The molecule has 2 atom stereocenters. The fourth-order valence-corrected chi connectivity index (χ4v) is 3.40. The van der Waals surface area contributed by atoms with Gasteiger partial charge in [0, 0.05) is 31.3 Å². The quantitative estimate of drug-likeness (QED) is 0.830. The van der Waals surface area contributed by atoms with Crippen LogP contribution in [0.25, 0.3) is 0 Å². The second-order valence-corrected chi connectivity index (χ2v) is 6.39. The molecule has 0 radical (unpaired) electrons. The molecule has 2 saturated heterocycles. The fraction of sp³-hybridized carbons (Fsp3) is 0.714. The number of anilines is 1. The highest BCUT2D eigenvalue weighted by Crippen LogP contribution is 2.23. The van der Waals surface area contributed by atoms with E-state index in [2.05, 4.69) is 16.9 Å². The van der Waals surface area contributed by atoms with Crippen LogP contribution in [-0.4, -0.2) is 67.9 Å². The number of amides is 1. The van der Waals surface area contributed by atoms with E-state index in [1.165, 1.54) is 11.3 Å². The third-order valence-corrected chi connectivity index (χ3v) is 4.64. The van der Waals surface area contributed by atoms with E-state index in [1.54, 1.807) is 11.1 Å². The van der Waals surface area contributed by atoms with Crippen molar-refractivity contribution in [3.8, 4) is 0 Å². The number of rotatable bonds is 4. The van der Waals surface area contributed by atoms with Crippen LogP contribution in [0.3, 0.4) is 0 Å². The lowest BCUT2D eigenvalue weighted by atomic mass is 10.2. The first-order valence-electron chi connectivity index (χ1n) is 7.36. The second-order valence-electron chi connectivity index (χ2n) is 5.52. The second kappa shape index (κ2) is 6.83.